The van der Waals surface area contributed by atoms with E-state index in [2.05, 4.69) is 17.0 Å². The number of benzene rings is 1. The van der Waals surface area contributed by atoms with Crippen molar-refractivity contribution in [2.75, 3.05) is 26.2 Å². The van der Waals surface area contributed by atoms with Crippen LogP contribution in [0.15, 0.2) is 18.2 Å². The molecule has 1 aliphatic heterocycles. The number of carbonyl (C=O) groups is 1. The highest BCUT2D eigenvalue weighted by molar-refractivity contribution is 5.70. The number of hydrogen-bond donors (Lipinski definition) is 1. The molecule has 1 aromatic rings. The molecule has 1 N–H and O–H groups in total. The topological polar surface area (TPSA) is 49.8 Å². The van der Waals surface area contributed by atoms with E-state index in [1.807, 2.05) is 19.9 Å². The first kappa shape index (κ1) is 14.9. The Morgan fingerprint density at radius 2 is 2.25 bits per heavy atom. The van der Waals surface area contributed by atoms with Crippen LogP contribution in [0.1, 0.15) is 24.0 Å². The zero-order valence-corrected chi connectivity index (χ0v) is 12.3. The van der Waals surface area contributed by atoms with E-state index >= 15 is 0 Å². The van der Waals surface area contributed by atoms with Crippen LogP contribution in [-0.2, 0) is 4.79 Å². The molecular formula is C16H23NO3. The minimum atomic E-state index is -0.676. The summed E-state index contributed by atoms with van der Waals surface area (Å²) in [7, 11) is 0. The van der Waals surface area contributed by atoms with Crippen LogP contribution in [0.2, 0.25) is 0 Å². The maximum Gasteiger partial charge on any atom is 0.307 e. The van der Waals surface area contributed by atoms with Crippen LogP contribution in [0.5, 0.6) is 5.75 Å². The Kier molecular flexibility index (Phi) is 5.01. The third kappa shape index (κ3) is 3.97. The molecule has 0 amide bonds. The van der Waals surface area contributed by atoms with Crippen LogP contribution in [-0.4, -0.2) is 42.2 Å². The molecule has 1 atom stereocenters. The lowest BCUT2D eigenvalue weighted by atomic mass is 9.98. The summed E-state index contributed by atoms with van der Waals surface area (Å²) in [4.78, 5) is 13.2. The van der Waals surface area contributed by atoms with Crippen LogP contribution < -0.4 is 4.74 Å². The summed E-state index contributed by atoms with van der Waals surface area (Å²) in [5.74, 6) is 0.0337. The van der Waals surface area contributed by atoms with E-state index in [9.17, 15) is 4.79 Å². The van der Waals surface area contributed by atoms with Crippen LogP contribution in [0.4, 0.5) is 0 Å². The second kappa shape index (κ2) is 6.75. The minimum absolute atomic E-state index is 0.218. The van der Waals surface area contributed by atoms with Crippen LogP contribution in [0.3, 0.4) is 0 Å². The number of piperidine rings is 1. The molecule has 1 aliphatic rings. The van der Waals surface area contributed by atoms with E-state index in [1.54, 1.807) is 0 Å². The maximum absolute atomic E-state index is 11.0. The number of carboxylic acid groups (broad SMARTS) is 1. The number of ether oxygens (including phenoxy) is 1. The van der Waals surface area contributed by atoms with Crippen molar-refractivity contribution in [2.24, 2.45) is 5.92 Å². The molecule has 1 aromatic carbocycles. The fraction of sp³-hybridized carbons (Fsp3) is 0.562. The Balaban J connectivity index is 1.80. The number of nitrogens with zero attached hydrogens (tertiary/aromatic N) is 1. The van der Waals surface area contributed by atoms with E-state index in [-0.39, 0.29) is 5.92 Å². The molecule has 0 unspecified atom stereocenters. The normalized spacial score (nSPS) is 19.8. The van der Waals surface area contributed by atoms with E-state index < -0.39 is 5.97 Å². The first-order valence-corrected chi connectivity index (χ1v) is 7.21. The Morgan fingerprint density at radius 1 is 1.45 bits per heavy atom. The van der Waals surface area contributed by atoms with Gasteiger partial charge >= 0.3 is 5.97 Å². The van der Waals surface area contributed by atoms with E-state index in [4.69, 9.17) is 9.84 Å². The van der Waals surface area contributed by atoms with Gasteiger partial charge in [-0.15, -0.1) is 0 Å². The lowest BCUT2D eigenvalue weighted by Crippen LogP contribution is -2.40. The summed E-state index contributed by atoms with van der Waals surface area (Å²) in [5, 5.41) is 9.07. The van der Waals surface area contributed by atoms with Crippen molar-refractivity contribution < 1.29 is 14.6 Å². The molecule has 2 rings (SSSR count). The second-order valence-electron chi connectivity index (χ2n) is 5.60. The standard InChI is InChI=1S/C16H23NO3/c1-12-5-6-13(2)15(10-12)20-9-8-17-7-3-4-14(11-17)16(18)19/h5-6,10,14H,3-4,7-9,11H2,1-2H3,(H,18,19)/t14-/m0/s1. The average molecular weight is 277 g/mol. The predicted octanol–water partition coefficient (Wildman–Crippen LogP) is 2.48. The van der Waals surface area contributed by atoms with E-state index in [1.165, 1.54) is 5.56 Å². The molecule has 0 bridgehead atoms. The average Bonchev–Trinajstić information content (AvgIpc) is 2.43. The van der Waals surface area contributed by atoms with E-state index in [0.29, 0.717) is 13.2 Å². The van der Waals surface area contributed by atoms with Crippen molar-refractivity contribution in [3.05, 3.63) is 29.3 Å². The molecule has 1 fully saturated rings. The summed E-state index contributed by atoms with van der Waals surface area (Å²) >= 11 is 0. The molecule has 0 aromatic heterocycles. The zero-order chi connectivity index (χ0) is 14.5. The molecule has 1 heterocycles. The van der Waals surface area contributed by atoms with Crippen LogP contribution >= 0.6 is 0 Å². The first-order chi connectivity index (χ1) is 9.56. The molecule has 0 saturated carbocycles. The predicted molar refractivity (Wildman–Crippen MR) is 78.2 cm³/mol. The number of hydrogen-bond acceptors (Lipinski definition) is 3. The lowest BCUT2D eigenvalue weighted by molar-refractivity contribution is -0.143. The number of aryl methyl sites for hydroxylation is 2. The Bertz CT molecular complexity index is 473. The summed E-state index contributed by atoms with van der Waals surface area (Å²) in [6, 6.07) is 6.18. The van der Waals surface area contributed by atoms with Gasteiger partial charge in [0.05, 0.1) is 5.92 Å². The number of carboxylic acids is 1. The molecule has 110 valence electrons. The van der Waals surface area contributed by atoms with Crippen LogP contribution in [0, 0.1) is 19.8 Å². The van der Waals surface area contributed by atoms with Gasteiger partial charge in [-0.25, -0.2) is 0 Å². The molecule has 0 spiro atoms. The maximum atomic E-state index is 11.0. The van der Waals surface area contributed by atoms with Gasteiger partial charge in [-0.2, -0.15) is 0 Å². The van der Waals surface area contributed by atoms with Crippen molar-refractivity contribution >= 4 is 5.97 Å². The Hall–Kier alpha value is -1.55. The third-order valence-corrected chi connectivity index (χ3v) is 3.86. The van der Waals surface area contributed by atoms with Gasteiger partial charge in [0.25, 0.3) is 0 Å². The van der Waals surface area contributed by atoms with Gasteiger partial charge in [0.1, 0.15) is 12.4 Å². The van der Waals surface area contributed by atoms with Crippen molar-refractivity contribution in [3.63, 3.8) is 0 Å². The highest BCUT2D eigenvalue weighted by Gasteiger charge is 2.24. The van der Waals surface area contributed by atoms with Crippen molar-refractivity contribution in [3.8, 4) is 5.75 Å². The SMILES string of the molecule is Cc1ccc(C)c(OCCN2CCC[C@H](C(=O)O)C2)c1. The largest absolute Gasteiger partial charge is 0.492 e. The molecule has 4 nitrogen and oxygen atoms in total. The van der Waals surface area contributed by atoms with Crippen molar-refractivity contribution in [2.45, 2.75) is 26.7 Å². The van der Waals surface area contributed by atoms with E-state index in [0.717, 1.165) is 37.2 Å². The van der Waals surface area contributed by atoms with Gasteiger partial charge in [-0.05, 0) is 50.4 Å². The molecule has 0 aliphatic carbocycles. The van der Waals surface area contributed by atoms with Gasteiger partial charge in [-0.3, -0.25) is 9.69 Å². The molecule has 1 saturated heterocycles. The first-order valence-electron chi connectivity index (χ1n) is 7.21. The van der Waals surface area contributed by atoms with Gasteiger partial charge in [0.15, 0.2) is 0 Å². The highest BCUT2D eigenvalue weighted by Crippen LogP contribution is 2.20. The van der Waals surface area contributed by atoms with Gasteiger partial charge in [0, 0.05) is 13.1 Å². The van der Waals surface area contributed by atoms with Crippen molar-refractivity contribution in [1.82, 2.24) is 4.90 Å². The van der Waals surface area contributed by atoms with Gasteiger partial charge in [-0.1, -0.05) is 12.1 Å². The zero-order valence-electron chi connectivity index (χ0n) is 12.3. The number of likely N-dealkylation sites (tertiary alicyclic amines) is 1. The fourth-order valence-electron chi connectivity index (χ4n) is 2.61. The molecule has 0 radical (unpaired) electrons. The second-order valence-corrected chi connectivity index (χ2v) is 5.60. The van der Waals surface area contributed by atoms with Crippen LogP contribution in [0.25, 0.3) is 0 Å². The quantitative estimate of drug-likeness (QED) is 0.898. The summed E-state index contributed by atoms with van der Waals surface area (Å²) in [6.07, 6.45) is 1.75. The Morgan fingerprint density at radius 3 is 3.00 bits per heavy atom. The number of rotatable bonds is 5. The Labute approximate surface area is 120 Å². The highest BCUT2D eigenvalue weighted by atomic mass is 16.5. The molecular weight excluding hydrogens is 254 g/mol. The minimum Gasteiger partial charge on any atom is -0.492 e. The summed E-state index contributed by atoms with van der Waals surface area (Å²) < 4.78 is 5.83. The molecule has 4 heteroatoms. The summed E-state index contributed by atoms with van der Waals surface area (Å²) in [6.45, 7) is 7.10. The van der Waals surface area contributed by atoms with Crippen molar-refractivity contribution in [1.29, 1.82) is 0 Å². The van der Waals surface area contributed by atoms with Gasteiger partial charge < -0.3 is 9.84 Å². The smallest absolute Gasteiger partial charge is 0.307 e. The summed E-state index contributed by atoms with van der Waals surface area (Å²) in [5.41, 5.74) is 2.33. The third-order valence-electron chi connectivity index (χ3n) is 3.86. The monoisotopic (exact) mass is 277 g/mol. The van der Waals surface area contributed by atoms with Gasteiger partial charge in [0.2, 0.25) is 0 Å². The molecule has 20 heavy (non-hydrogen) atoms. The lowest BCUT2D eigenvalue weighted by Gasteiger charge is -2.30. The number of aliphatic carboxylic acids is 1. The fourth-order valence-corrected chi connectivity index (χ4v) is 2.61.